The number of carbonyl (C=O) groups excluding carboxylic acids is 1. The van der Waals surface area contributed by atoms with E-state index in [1.807, 2.05) is 25.8 Å². The van der Waals surface area contributed by atoms with Gasteiger partial charge >= 0.3 is 0 Å². The minimum Gasteiger partial charge on any atom is -0.338 e. The maximum Gasteiger partial charge on any atom is 0.263 e. The first kappa shape index (κ1) is 18.8. The molecule has 0 radical (unpaired) electrons. The zero-order chi connectivity index (χ0) is 18.9. The van der Waals surface area contributed by atoms with E-state index in [1.54, 1.807) is 24.3 Å². The first-order chi connectivity index (χ1) is 12.3. The Hall–Kier alpha value is -1.93. The van der Waals surface area contributed by atoms with E-state index in [-0.39, 0.29) is 22.6 Å². The molecule has 26 heavy (non-hydrogen) atoms. The maximum atomic E-state index is 13.0. The van der Waals surface area contributed by atoms with E-state index in [9.17, 15) is 13.2 Å². The molecule has 0 saturated carbocycles. The van der Waals surface area contributed by atoms with Crippen LogP contribution in [0.3, 0.4) is 0 Å². The summed E-state index contributed by atoms with van der Waals surface area (Å²) in [6.45, 7) is 7.11. The lowest BCUT2D eigenvalue weighted by Crippen LogP contribution is -2.50. The number of piperazine rings is 1. The predicted molar refractivity (Wildman–Crippen MR) is 101 cm³/mol. The van der Waals surface area contributed by atoms with Crippen LogP contribution in [-0.2, 0) is 14.8 Å². The molecule has 1 saturated heterocycles. The summed E-state index contributed by atoms with van der Waals surface area (Å²) in [6, 6.07) is 6.15. The maximum absolute atomic E-state index is 13.0. The minimum atomic E-state index is -3.60. The van der Waals surface area contributed by atoms with Crippen LogP contribution in [0, 0.1) is 5.92 Å². The predicted octanol–water partition coefficient (Wildman–Crippen LogP) is 0.914. The molecular formula is C18H26N4O3S. The number of sulfonamides is 1. The van der Waals surface area contributed by atoms with Gasteiger partial charge in [0, 0.05) is 31.7 Å². The Morgan fingerprint density at radius 1 is 1.19 bits per heavy atom. The second kappa shape index (κ2) is 7.36. The molecule has 0 unspecified atom stereocenters. The van der Waals surface area contributed by atoms with Gasteiger partial charge in [0.15, 0.2) is 0 Å². The van der Waals surface area contributed by atoms with E-state index >= 15 is 0 Å². The van der Waals surface area contributed by atoms with Gasteiger partial charge in [-0.25, -0.2) is 8.42 Å². The van der Waals surface area contributed by atoms with Gasteiger partial charge in [0.25, 0.3) is 10.0 Å². The number of nitrogens with one attached hydrogen (secondary N) is 1. The molecule has 2 aliphatic heterocycles. The molecular weight excluding hydrogens is 352 g/mol. The van der Waals surface area contributed by atoms with Crippen molar-refractivity contribution in [2.45, 2.75) is 31.2 Å². The van der Waals surface area contributed by atoms with Gasteiger partial charge in [-0.1, -0.05) is 26.0 Å². The number of aliphatic imine (C=N–C) groups is 1. The van der Waals surface area contributed by atoms with Crippen molar-refractivity contribution in [3.8, 4) is 0 Å². The molecule has 142 valence electrons. The highest BCUT2D eigenvalue weighted by Gasteiger charge is 2.33. The quantitative estimate of drug-likeness (QED) is 0.844. The second-order valence-electron chi connectivity index (χ2n) is 7.35. The zero-order valence-corrected chi connectivity index (χ0v) is 16.3. The Morgan fingerprint density at radius 2 is 1.85 bits per heavy atom. The fourth-order valence-electron chi connectivity index (χ4n) is 3.28. The number of fused-ring (bicyclic) bond motifs is 1. The number of hydrogen-bond donors (Lipinski definition) is 1. The fourth-order valence-corrected chi connectivity index (χ4v) is 4.52. The van der Waals surface area contributed by atoms with Crippen LogP contribution in [0.15, 0.2) is 34.2 Å². The number of likely N-dealkylation sites (N-methyl/N-ethyl adjacent to an activating group) is 1. The van der Waals surface area contributed by atoms with Crippen molar-refractivity contribution in [1.82, 2.24) is 14.5 Å². The monoisotopic (exact) mass is 378 g/mol. The molecule has 1 N–H and O–H groups in total. The van der Waals surface area contributed by atoms with Gasteiger partial charge in [-0.3, -0.25) is 14.5 Å². The molecule has 1 fully saturated rings. The largest absolute Gasteiger partial charge is 0.338 e. The second-order valence-corrected chi connectivity index (χ2v) is 9.00. The van der Waals surface area contributed by atoms with Crippen molar-refractivity contribution in [2.75, 3.05) is 33.2 Å². The van der Waals surface area contributed by atoms with Crippen LogP contribution in [0.4, 0.5) is 0 Å². The molecule has 1 amide bonds. The molecule has 8 heteroatoms. The summed E-state index contributed by atoms with van der Waals surface area (Å²) < 4.78 is 27.1. The van der Waals surface area contributed by atoms with Gasteiger partial charge in [0.1, 0.15) is 11.9 Å². The first-order valence-corrected chi connectivity index (χ1v) is 10.4. The molecule has 1 atom stereocenters. The molecule has 0 aliphatic carbocycles. The van der Waals surface area contributed by atoms with Crippen LogP contribution in [0.1, 0.15) is 25.8 Å². The highest BCUT2D eigenvalue weighted by Crippen LogP contribution is 2.24. The Balaban J connectivity index is 1.90. The minimum absolute atomic E-state index is 0.0251. The van der Waals surface area contributed by atoms with E-state index in [0.29, 0.717) is 25.1 Å². The normalized spacial score (nSPS) is 22.3. The highest BCUT2D eigenvalue weighted by atomic mass is 32.2. The number of rotatable bonds is 4. The van der Waals surface area contributed by atoms with Gasteiger partial charge in [0.05, 0.1) is 4.90 Å². The first-order valence-electron chi connectivity index (χ1n) is 8.95. The van der Waals surface area contributed by atoms with Crippen molar-refractivity contribution in [3.05, 3.63) is 29.8 Å². The third kappa shape index (κ3) is 3.91. The summed E-state index contributed by atoms with van der Waals surface area (Å²) in [5, 5.41) is 0. The van der Waals surface area contributed by atoms with Gasteiger partial charge in [-0.15, -0.1) is 0 Å². The molecule has 3 rings (SSSR count). The van der Waals surface area contributed by atoms with Gasteiger partial charge < -0.3 is 9.80 Å². The lowest BCUT2D eigenvalue weighted by Gasteiger charge is -2.34. The summed E-state index contributed by atoms with van der Waals surface area (Å²) in [4.78, 5) is 21.8. The Bertz CT molecular complexity index is 811. The topological polar surface area (TPSA) is 82.1 Å². The smallest absolute Gasteiger partial charge is 0.263 e. The Kier molecular flexibility index (Phi) is 5.34. The molecule has 1 aromatic rings. The van der Waals surface area contributed by atoms with Gasteiger partial charge in [0.2, 0.25) is 5.91 Å². The number of nitrogens with zero attached hydrogens (tertiary/aromatic N) is 3. The Labute approximate surface area is 155 Å². The molecule has 2 aliphatic rings. The molecule has 0 bridgehead atoms. The summed E-state index contributed by atoms with van der Waals surface area (Å²) >= 11 is 0. The van der Waals surface area contributed by atoms with E-state index in [1.165, 1.54) is 0 Å². The number of carbonyl (C=O) groups is 1. The zero-order valence-electron chi connectivity index (χ0n) is 15.5. The molecule has 0 spiro atoms. The van der Waals surface area contributed by atoms with Crippen LogP contribution < -0.4 is 4.72 Å². The molecule has 7 nitrogen and oxygen atoms in total. The average Bonchev–Trinajstić information content (AvgIpc) is 2.85. The standard InChI is InChI=1S/C18H26N4O3S/c1-13(2)12-15(18(23)22-10-8-21(3)9-11-22)19-17-14-6-4-5-7-16(14)26(24,25)20-17/h4-7,13,15H,8-12H2,1-3H3,(H,19,20)/t15-/m0/s1. The summed E-state index contributed by atoms with van der Waals surface area (Å²) in [6.07, 6.45) is 0.582. The number of benzene rings is 1. The third-order valence-corrected chi connectivity index (χ3v) is 6.14. The van der Waals surface area contributed by atoms with Crippen molar-refractivity contribution in [2.24, 2.45) is 10.9 Å². The van der Waals surface area contributed by atoms with Crippen LogP contribution >= 0.6 is 0 Å². The summed E-state index contributed by atoms with van der Waals surface area (Å²) in [7, 11) is -1.56. The summed E-state index contributed by atoms with van der Waals surface area (Å²) in [5.41, 5.74) is 0.535. The SMILES string of the molecule is CC(C)C[C@H](N=C1NS(=O)(=O)c2ccccc21)C(=O)N1CCN(C)CC1. The van der Waals surface area contributed by atoms with E-state index in [4.69, 9.17) is 0 Å². The van der Waals surface area contributed by atoms with E-state index in [2.05, 4.69) is 14.6 Å². The number of amides is 1. The van der Waals surface area contributed by atoms with Gasteiger partial charge in [-0.05, 0) is 31.5 Å². The summed E-state index contributed by atoms with van der Waals surface area (Å²) in [5.74, 6) is 0.519. The van der Waals surface area contributed by atoms with Gasteiger partial charge in [-0.2, -0.15) is 0 Å². The van der Waals surface area contributed by atoms with E-state index < -0.39 is 16.1 Å². The molecule has 2 heterocycles. The van der Waals surface area contributed by atoms with Crippen LogP contribution in [0.5, 0.6) is 0 Å². The Morgan fingerprint density at radius 3 is 2.50 bits per heavy atom. The van der Waals surface area contributed by atoms with Crippen LogP contribution in [0.2, 0.25) is 0 Å². The van der Waals surface area contributed by atoms with Crippen molar-refractivity contribution in [1.29, 1.82) is 0 Å². The lowest BCUT2D eigenvalue weighted by atomic mass is 10.0. The highest BCUT2D eigenvalue weighted by molar-refractivity contribution is 7.90. The number of hydrogen-bond acceptors (Lipinski definition) is 5. The number of amidine groups is 1. The van der Waals surface area contributed by atoms with Crippen LogP contribution in [0.25, 0.3) is 0 Å². The lowest BCUT2D eigenvalue weighted by molar-refractivity contribution is -0.134. The molecule has 1 aromatic carbocycles. The van der Waals surface area contributed by atoms with Crippen molar-refractivity contribution in [3.63, 3.8) is 0 Å². The average molecular weight is 378 g/mol. The molecule has 0 aromatic heterocycles. The van der Waals surface area contributed by atoms with Crippen LogP contribution in [-0.4, -0.2) is 69.2 Å². The van der Waals surface area contributed by atoms with Crippen molar-refractivity contribution >= 4 is 21.8 Å². The fraction of sp³-hybridized carbons (Fsp3) is 0.556. The third-order valence-electron chi connectivity index (χ3n) is 4.74. The van der Waals surface area contributed by atoms with Crippen molar-refractivity contribution < 1.29 is 13.2 Å². The van der Waals surface area contributed by atoms with E-state index in [0.717, 1.165) is 13.1 Å².